The SMILES string of the molecule is COc1ccc(S(=O)(=O)NCc2nc(-c3ccccc3Cl)no2)c(C)c1. The summed E-state index contributed by atoms with van der Waals surface area (Å²) in [5.74, 6) is 1.02. The molecule has 2 aromatic carbocycles. The first-order valence-electron chi connectivity index (χ1n) is 7.62. The van der Waals surface area contributed by atoms with Crippen molar-refractivity contribution >= 4 is 21.6 Å². The van der Waals surface area contributed by atoms with Gasteiger partial charge in [0.05, 0.1) is 23.6 Å². The molecule has 0 saturated heterocycles. The van der Waals surface area contributed by atoms with Crippen LogP contribution in [0.15, 0.2) is 51.9 Å². The van der Waals surface area contributed by atoms with Gasteiger partial charge in [0.1, 0.15) is 5.75 Å². The van der Waals surface area contributed by atoms with Crippen LogP contribution in [0.1, 0.15) is 11.5 Å². The molecule has 3 rings (SSSR count). The summed E-state index contributed by atoms with van der Waals surface area (Å²) in [7, 11) is -2.22. The molecule has 1 N–H and O–H groups in total. The zero-order valence-corrected chi connectivity index (χ0v) is 15.6. The van der Waals surface area contributed by atoms with Crippen LogP contribution < -0.4 is 9.46 Å². The first-order valence-corrected chi connectivity index (χ1v) is 9.48. The van der Waals surface area contributed by atoms with Crippen LogP contribution in [0, 0.1) is 6.92 Å². The first kappa shape index (κ1) is 18.4. The van der Waals surface area contributed by atoms with Crippen molar-refractivity contribution in [3.63, 3.8) is 0 Å². The molecule has 7 nitrogen and oxygen atoms in total. The minimum Gasteiger partial charge on any atom is -0.497 e. The maximum Gasteiger partial charge on any atom is 0.242 e. The fraction of sp³-hybridized carbons (Fsp3) is 0.176. The number of rotatable bonds is 6. The maximum absolute atomic E-state index is 12.5. The fourth-order valence-electron chi connectivity index (χ4n) is 2.36. The molecule has 0 radical (unpaired) electrons. The van der Waals surface area contributed by atoms with E-state index in [0.717, 1.165) is 0 Å². The molecule has 9 heteroatoms. The Hall–Kier alpha value is -2.42. The highest BCUT2D eigenvalue weighted by Gasteiger charge is 2.19. The van der Waals surface area contributed by atoms with Gasteiger partial charge >= 0.3 is 0 Å². The second kappa shape index (κ2) is 7.45. The van der Waals surface area contributed by atoms with E-state index in [1.54, 1.807) is 43.3 Å². The Morgan fingerprint density at radius 1 is 1.23 bits per heavy atom. The highest BCUT2D eigenvalue weighted by Crippen LogP contribution is 2.25. The highest BCUT2D eigenvalue weighted by atomic mass is 35.5. The molecule has 0 bridgehead atoms. The summed E-state index contributed by atoms with van der Waals surface area (Å²) in [6, 6.07) is 11.8. The third-order valence-electron chi connectivity index (χ3n) is 3.67. The molecule has 0 saturated carbocycles. The molecule has 0 atom stereocenters. The highest BCUT2D eigenvalue weighted by molar-refractivity contribution is 7.89. The molecule has 26 heavy (non-hydrogen) atoms. The molecule has 0 aliphatic rings. The number of aromatic nitrogens is 2. The lowest BCUT2D eigenvalue weighted by Gasteiger charge is -2.09. The summed E-state index contributed by atoms with van der Waals surface area (Å²) >= 11 is 6.10. The van der Waals surface area contributed by atoms with Crippen molar-refractivity contribution < 1.29 is 17.7 Å². The number of hydrogen-bond acceptors (Lipinski definition) is 6. The number of sulfonamides is 1. The second-order valence-electron chi connectivity index (χ2n) is 5.45. The van der Waals surface area contributed by atoms with E-state index in [-0.39, 0.29) is 17.3 Å². The summed E-state index contributed by atoms with van der Waals surface area (Å²) < 4.78 is 37.6. The second-order valence-corrected chi connectivity index (χ2v) is 7.59. The predicted octanol–water partition coefficient (Wildman–Crippen LogP) is 3.19. The molecule has 1 heterocycles. The van der Waals surface area contributed by atoms with E-state index in [2.05, 4.69) is 14.9 Å². The van der Waals surface area contributed by atoms with Gasteiger partial charge in [0, 0.05) is 5.56 Å². The van der Waals surface area contributed by atoms with E-state index in [0.29, 0.717) is 27.7 Å². The summed E-state index contributed by atoms with van der Waals surface area (Å²) in [4.78, 5) is 4.34. The van der Waals surface area contributed by atoms with Gasteiger partial charge < -0.3 is 9.26 Å². The topological polar surface area (TPSA) is 94.3 Å². The third-order valence-corrected chi connectivity index (χ3v) is 5.56. The molecule has 0 amide bonds. The minimum atomic E-state index is -3.74. The number of nitrogens with zero attached hydrogens (tertiary/aromatic N) is 2. The molecular formula is C17H16ClN3O4S. The Morgan fingerprint density at radius 2 is 2.00 bits per heavy atom. The number of benzene rings is 2. The average Bonchev–Trinajstić information content (AvgIpc) is 3.09. The normalized spacial score (nSPS) is 11.5. The van der Waals surface area contributed by atoms with Gasteiger partial charge in [-0.25, -0.2) is 13.1 Å². The molecule has 3 aromatic rings. The van der Waals surface area contributed by atoms with Gasteiger partial charge in [0.25, 0.3) is 0 Å². The number of methoxy groups -OCH3 is 1. The fourth-order valence-corrected chi connectivity index (χ4v) is 3.78. The molecule has 1 aromatic heterocycles. The van der Waals surface area contributed by atoms with Crippen molar-refractivity contribution in [2.45, 2.75) is 18.4 Å². The predicted molar refractivity (Wildman–Crippen MR) is 96.5 cm³/mol. The zero-order valence-electron chi connectivity index (χ0n) is 14.1. The van der Waals surface area contributed by atoms with Gasteiger partial charge in [0.2, 0.25) is 21.7 Å². The van der Waals surface area contributed by atoms with Crippen LogP contribution >= 0.6 is 11.6 Å². The van der Waals surface area contributed by atoms with E-state index in [1.807, 2.05) is 0 Å². The Balaban J connectivity index is 1.76. The van der Waals surface area contributed by atoms with Crippen LogP contribution in [-0.2, 0) is 16.6 Å². The van der Waals surface area contributed by atoms with Crippen LogP contribution in [0.2, 0.25) is 5.02 Å². The maximum atomic E-state index is 12.5. The summed E-state index contributed by atoms with van der Waals surface area (Å²) in [6.07, 6.45) is 0. The van der Waals surface area contributed by atoms with Crippen LogP contribution in [0.5, 0.6) is 5.75 Å². The lowest BCUT2D eigenvalue weighted by Crippen LogP contribution is -2.24. The standard InChI is InChI=1S/C17H16ClN3O4S/c1-11-9-12(24-2)7-8-15(11)26(22,23)19-10-16-20-17(21-25-16)13-5-3-4-6-14(13)18/h3-9,19H,10H2,1-2H3. The molecule has 0 fully saturated rings. The largest absolute Gasteiger partial charge is 0.497 e. The van der Waals surface area contributed by atoms with Gasteiger partial charge in [-0.3, -0.25) is 0 Å². The molecular weight excluding hydrogens is 378 g/mol. The van der Waals surface area contributed by atoms with E-state index in [1.165, 1.54) is 13.2 Å². The third kappa shape index (κ3) is 3.87. The van der Waals surface area contributed by atoms with Crippen LogP contribution in [0.3, 0.4) is 0 Å². The minimum absolute atomic E-state index is 0.134. The van der Waals surface area contributed by atoms with Crippen molar-refractivity contribution in [3.05, 3.63) is 58.9 Å². The Labute approximate surface area is 156 Å². The van der Waals surface area contributed by atoms with E-state index < -0.39 is 10.0 Å². The van der Waals surface area contributed by atoms with Crippen molar-refractivity contribution in [3.8, 4) is 17.1 Å². The smallest absolute Gasteiger partial charge is 0.242 e. The first-order chi connectivity index (χ1) is 12.4. The number of halogens is 1. The zero-order chi connectivity index (χ0) is 18.7. The molecule has 0 aliphatic carbocycles. The molecule has 0 aliphatic heterocycles. The van der Waals surface area contributed by atoms with Crippen LogP contribution in [0.25, 0.3) is 11.4 Å². The molecule has 0 spiro atoms. The van der Waals surface area contributed by atoms with Crippen molar-refractivity contribution in [2.24, 2.45) is 0 Å². The lowest BCUT2D eigenvalue weighted by molar-refractivity contribution is 0.376. The lowest BCUT2D eigenvalue weighted by atomic mass is 10.2. The summed E-state index contributed by atoms with van der Waals surface area (Å²) in [5, 5.41) is 4.32. The molecule has 136 valence electrons. The average molecular weight is 394 g/mol. The van der Waals surface area contributed by atoms with Gasteiger partial charge in [-0.15, -0.1) is 0 Å². The quantitative estimate of drug-likeness (QED) is 0.691. The van der Waals surface area contributed by atoms with Crippen molar-refractivity contribution in [1.29, 1.82) is 0 Å². The van der Waals surface area contributed by atoms with Gasteiger partial charge in [0.15, 0.2) is 0 Å². The van der Waals surface area contributed by atoms with Crippen LogP contribution in [0.4, 0.5) is 0 Å². The summed E-state index contributed by atoms with van der Waals surface area (Å²) in [6.45, 7) is 1.56. The van der Waals surface area contributed by atoms with Gasteiger partial charge in [-0.1, -0.05) is 28.9 Å². The monoisotopic (exact) mass is 393 g/mol. The molecule has 0 unspecified atom stereocenters. The number of ether oxygens (including phenoxy) is 1. The summed E-state index contributed by atoms with van der Waals surface area (Å²) in [5.41, 5.74) is 1.18. The van der Waals surface area contributed by atoms with Gasteiger partial charge in [-0.05, 0) is 42.8 Å². The van der Waals surface area contributed by atoms with Crippen molar-refractivity contribution in [2.75, 3.05) is 7.11 Å². The van der Waals surface area contributed by atoms with E-state index in [4.69, 9.17) is 20.9 Å². The number of nitrogens with one attached hydrogen (secondary N) is 1. The number of aryl methyl sites for hydroxylation is 1. The van der Waals surface area contributed by atoms with Crippen LogP contribution in [-0.4, -0.2) is 25.7 Å². The Kier molecular flexibility index (Phi) is 5.26. The van der Waals surface area contributed by atoms with E-state index >= 15 is 0 Å². The Bertz CT molecular complexity index is 1030. The van der Waals surface area contributed by atoms with Crippen molar-refractivity contribution in [1.82, 2.24) is 14.9 Å². The van der Waals surface area contributed by atoms with E-state index in [9.17, 15) is 8.42 Å². The Morgan fingerprint density at radius 3 is 2.69 bits per heavy atom. The number of hydrogen-bond donors (Lipinski definition) is 1. The van der Waals surface area contributed by atoms with Gasteiger partial charge in [-0.2, -0.15) is 4.98 Å².